The molecule has 24 heavy (non-hydrogen) atoms. The summed E-state index contributed by atoms with van der Waals surface area (Å²) in [5.41, 5.74) is -0.214. The number of carbonyl (C=O) groups is 2. The van der Waals surface area contributed by atoms with Gasteiger partial charge in [-0.05, 0) is 18.2 Å². The number of H-pyrrole nitrogens is 1. The molecule has 0 saturated carbocycles. The van der Waals surface area contributed by atoms with Crippen LogP contribution >= 0.6 is 11.3 Å². The summed E-state index contributed by atoms with van der Waals surface area (Å²) in [7, 11) is 0. The van der Waals surface area contributed by atoms with Crippen LogP contribution in [0, 0.1) is 17.5 Å². The van der Waals surface area contributed by atoms with Crippen molar-refractivity contribution >= 4 is 38.6 Å². The van der Waals surface area contributed by atoms with E-state index in [4.69, 9.17) is 4.74 Å². The zero-order valence-corrected chi connectivity index (χ0v) is 12.5. The Morgan fingerprint density at radius 3 is 2.79 bits per heavy atom. The Morgan fingerprint density at radius 2 is 2.08 bits per heavy atom. The first-order valence-corrected chi connectivity index (χ1v) is 7.31. The third-order valence-electron chi connectivity index (χ3n) is 2.92. The second-order valence-electron chi connectivity index (χ2n) is 4.56. The topological polar surface area (TPSA) is 84.1 Å². The molecule has 2 N–H and O–H groups in total. The molecule has 0 fully saturated rings. The first-order valence-electron chi connectivity index (χ1n) is 6.50. The van der Waals surface area contributed by atoms with Gasteiger partial charge in [0, 0.05) is 6.20 Å². The van der Waals surface area contributed by atoms with E-state index in [0.29, 0.717) is 0 Å². The number of hydrogen-bond donors (Lipinski definition) is 2. The third-order valence-corrected chi connectivity index (χ3v) is 3.84. The van der Waals surface area contributed by atoms with Gasteiger partial charge >= 0.3 is 5.97 Å². The molecule has 0 saturated heterocycles. The highest BCUT2D eigenvalue weighted by Crippen LogP contribution is 2.30. The van der Waals surface area contributed by atoms with Gasteiger partial charge in [0.05, 0.1) is 4.70 Å². The van der Waals surface area contributed by atoms with Gasteiger partial charge in [-0.1, -0.05) is 11.3 Å². The van der Waals surface area contributed by atoms with Crippen LogP contribution in [0.25, 0.3) is 10.2 Å². The Labute approximate surface area is 136 Å². The molecular weight excluding hydrogens is 347 g/mol. The van der Waals surface area contributed by atoms with Gasteiger partial charge in [-0.25, -0.2) is 22.9 Å². The Morgan fingerprint density at radius 1 is 1.29 bits per heavy atom. The van der Waals surface area contributed by atoms with E-state index in [-0.39, 0.29) is 15.5 Å². The summed E-state index contributed by atoms with van der Waals surface area (Å²) in [5, 5.41) is 2.19. The number of amides is 1. The standard InChI is InChI=1S/C14H8F3N3O3S/c15-6-4-8-12(11(17)10(6)16)20-14(24-8)19-9(21)5-23-13(22)7-2-1-3-18-7/h1-4,18H,5H2,(H,19,20,21). The van der Waals surface area contributed by atoms with Gasteiger partial charge in [-0.2, -0.15) is 0 Å². The van der Waals surface area contributed by atoms with Gasteiger partial charge in [-0.3, -0.25) is 10.1 Å². The first-order chi connectivity index (χ1) is 11.5. The Kier molecular flexibility index (Phi) is 4.21. The predicted molar refractivity (Wildman–Crippen MR) is 79.2 cm³/mol. The number of carbonyl (C=O) groups excluding carboxylic acids is 2. The SMILES string of the molecule is O=C(COC(=O)c1ccc[nH]1)Nc1nc2c(F)c(F)c(F)cc2s1. The van der Waals surface area contributed by atoms with Crippen molar-refractivity contribution in [2.24, 2.45) is 0 Å². The van der Waals surface area contributed by atoms with E-state index in [9.17, 15) is 22.8 Å². The van der Waals surface area contributed by atoms with Crippen LogP contribution in [0.2, 0.25) is 0 Å². The zero-order chi connectivity index (χ0) is 17.3. The molecule has 0 aliphatic heterocycles. The summed E-state index contributed by atoms with van der Waals surface area (Å²) < 4.78 is 44.6. The van der Waals surface area contributed by atoms with Crippen molar-refractivity contribution in [2.75, 3.05) is 11.9 Å². The van der Waals surface area contributed by atoms with E-state index in [0.717, 1.165) is 17.4 Å². The number of ether oxygens (including phenoxy) is 1. The fourth-order valence-corrected chi connectivity index (χ4v) is 2.75. The zero-order valence-electron chi connectivity index (χ0n) is 11.7. The summed E-state index contributed by atoms with van der Waals surface area (Å²) >= 11 is 0.758. The molecule has 0 bridgehead atoms. The van der Waals surface area contributed by atoms with E-state index < -0.39 is 41.5 Å². The van der Waals surface area contributed by atoms with Crippen LogP contribution < -0.4 is 5.32 Å². The number of aromatic nitrogens is 2. The second-order valence-corrected chi connectivity index (χ2v) is 5.59. The first kappa shape index (κ1) is 16.0. The molecule has 124 valence electrons. The van der Waals surface area contributed by atoms with Crippen molar-refractivity contribution in [3.63, 3.8) is 0 Å². The van der Waals surface area contributed by atoms with E-state index in [1.54, 1.807) is 6.07 Å². The molecule has 0 unspecified atom stereocenters. The number of fused-ring (bicyclic) bond motifs is 1. The maximum atomic E-state index is 13.6. The number of thiazole rings is 1. The van der Waals surface area contributed by atoms with Crippen molar-refractivity contribution in [2.45, 2.75) is 0 Å². The van der Waals surface area contributed by atoms with Gasteiger partial charge in [0.25, 0.3) is 5.91 Å². The van der Waals surface area contributed by atoms with Crippen LogP contribution in [0.15, 0.2) is 24.4 Å². The van der Waals surface area contributed by atoms with E-state index in [1.807, 2.05) is 0 Å². The Balaban J connectivity index is 1.67. The van der Waals surface area contributed by atoms with Crippen LogP contribution in [-0.4, -0.2) is 28.5 Å². The van der Waals surface area contributed by atoms with E-state index >= 15 is 0 Å². The van der Waals surface area contributed by atoms with Crippen molar-refractivity contribution in [3.05, 3.63) is 47.5 Å². The largest absolute Gasteiger partial charge is 0.451 e. The minimum atomic E-state index is -1.63. The molecule has 0 atom stereocenters. The minimum absolute atomic E-state index is 0.0325. The molecule has 1 aromatic carbocycles. The lowest BCUT2D eigenvalue weighted by Crippen LogP contribution is -2.20. The second kappa shape index (κ2) is 6.32. The molecule has 0 spiro atoms. The van der Waals surface area contributed by atoms with Crippen molar-refractivity contribution in [3.8, 4) is 0 Å². The average molecular weight is 355 g/mol. The number of hydrogen-bond acceptors (Lipinski definition) is 5. The van der Waals surface area contributed by atoms with Gasteiger partial charge in [0.15, 0.2) is 29.2 Å². The number of nitrogens with zero attached hydrogens (tertiary/aromatic N) is 1. The average Bonchev–Trinajstić information content (AvgIpc) is 3.20. The molecule has 6 nitrogen and oxygen atoms in total. The smallest absolute Gasteiger partial charge is 0.355 e. The van der Waals surface area contributed by atoms with Crippen LogP contribution in [0.3, 0.4) is 0 Å². The van der Waals surface area contributed by atoms with Crippen molar-refractivity contribution < 1.29 is 27.5 Å². The molecule has 2 aromatic heterocycles. The van der Waals surface area contributed by atoms with Crippen molar-refractivity contribution in [1.29, 1.82) is 0 Å². The molecule has 1 amide bonds. The summed E-state index contributed by atoms with van der Waals surface area (Å²) in [6, 6.07) is 3.84. The number of aromatic amines is 1. The number of rotatable bonds is 4. The molecule has 2 heterocycles. The summed E-state index contributed by atoms with van der Waals surface area (Å²) in [4.78, 5) is 29.6. The van der Waals surface area contributed by atoms with Crippen LogP contribution in [0.1, 0.15) is 10.5 Å². The lowest BCUT2D eigenvalue weighted by Gasteiger charge is -2.03. The molecule has 0 radical (unpaired) electrons. The molecule has 3 aromatic rings. The number of esters is 1. The Bertz CT molecular complexity index is 924. The van der Waals surface area contributed by atoms with Gasteiger partial charge in [0.2, 0.25) is 0 Å². The van der Waals surface area contributed by atoms with Crippen LogP contribution in [0.5, 0.6) is 0 Å². The highest BCUT2D eigenvalue weighted by molar-refractivity contribution is 7.22. The maximum Gasteiger partial charge on any atom is 0.355 e. The predicted octanol–water partition coefficient (Wildman–Crippen LogP) is 2.84. The highest BCUT2D eigenvalue weighted by atomic mass is 32.1. The normalized spacial score (nSPS) is 10.8. The summed E-state index contributed by atoms with van der Waals surface area (Å²) in [6.45, 7) is -0.598. The summed E-state index contributed by atoms with van der Waals surface area (Å²) in [5.74, 6) is -5.86. The van der Waals surface area contributed by atoms with Crippen molar-refractivity contribution in [1.82, 2.24) is 9.97 Å². The van der Waals surface area contributed by atoms with Crippen LogP contribution in [0.4, 0.5) is 18.3 Å². The maximum absolute atomic E-state index is 13.6. The van der Waals surface area contributed by atoms with E-state index in [2.05, 4.69) is 15.3 Å². The summed E-state index contributed by atoms with van der Waals surface area (Å²) in [6.07, 6.45) is 1.52. The quantitative estimate of drug-likeness (QED) is 0.557. The molecule has 0 aliphatic rings. The van der Waals surface area contributed by atoms with Crippen LogP contribution in [-0.2, 0) is 9.53 Å². The molecule has 10 heteroatoms. The third kappa shape index (κ3) is 3.08. The monoisotopic (exact) mass is 355 g/mol. The van der Waals surface area contributed by atoms with E-state index in [1.165, 1.54) is 12.3 Å². The van der Waals surface area contributed by atoms with Gasteiger partial charge < -0.3 is 9.72 Å². The van der Waals surface area contributed by atoms with Gasteiger partial charge in [0.1, 0.15) is 11.2 Å². The molecular formula is C14H8F3N3O3S. The number of halogens is 3. The number of anilines is 1. The fraction of sp³-hybridized carbons (Fsp3) is 0.0714. The fourth-order valence-electron chi connectivity index (χ4n) is 1.85. The minimum Gasteiger partial charge on any atom is -0.451 e. The molecule has 3 rings (SSSR count). The van der Waals surface area contributed by atoms with Gasteiger partial charge in [-0.15, -0.1) is 0 Å². The molecule has 0 aliphatic carbocycles. The number of nitrogens with one attached hydrogen (secondary N) is 2. The highest BCUT2D eigenvalue weighted by Gasteiger charge is 2.18. The lowest BCUT2D eigenvalue weighted by molar-refractivity contribution is -0.119. The number of benzene rings is 1. The lowest BCUT2D eigenvalue weighted by atomic mass is 10.3. The Hall–Kier alpha value is -2.88.